The molecule has 2 rings (SSSR count). The van der Waals surface area contributed by atoms with Crippen molar-refractivity contribution >= 4 is 21.8 Å². The van der Waals surface area contributed by atoms with Gasteiger partial charge in [-0.25, -0.2) is 0 Å². The molecule has 5 heteroatoms. The first-order chi connectivity index (χ1) is 7.48. The van der Waals surface area contributed by atoms with Crippen LogP contribution in [0, 0.1) is 0 Å². The molecule has 0 aromatic carbocycles. The van der Waals surface area contributed by atoms with Crippen LogP contribution in [0.1, 0.15) is 24.2 Å². The van der Waals surface area contributed by atoms with E-state index in [9.17, 15) is 4.79 Å². The maximum absolute atomic E-state index is 12.1. The zero-order valence-corrected chi connectivity index (χ0v) is 10.9. The fourth-order valence-corrected chi connectivity index (χ4v) is 2.13. The minimum absolute atomic E-state index is 0.00850. The maximum Gasteiger partial charge on any atom is 0.257 e. The Bertz CT molecular complexity index is 400. The first kappa shape index (κ1) is 11.7. The molecule has 1 aliphatic rings. The van der Waals surface area contributed by atoms with Crippen LogP contribution in [0.2, 0.25) is 0 Å². The molecular formula is C11H14BrNO3. The van der Waals surface area contributed by atoms with Crippen LogP contribution in [-0.4, -0.2) is 36.1 Å². The average Bonchev–Trinajstić information content (AvgIpc) is 2.62. The van der Waals surface area contributed by atoms with E-state index in [0.29, 0.717) is 29.9 Å². The van der Waals surface area contributed by atoms with E-state index in [1.165, 1.54) is 6.26 Å². The maximum atomic E-state index is 12.1. The van der Waals surface area contributed by atoms with Gasteiger partial charge in [-0.15, -0.1) is 0 Å². The molecule has 4 nitrogen and oxygen atoms in total. The number of rotatable bonds is 1. The molecule has 88 valence electrons. The van der Waals surface area contributed by atoms with Gasteiger partial charge in [0.25, 0.3) is 5.91 Å². The zero-order valence-electron chi connectivity index (χ0n) is 9.33. The molecule has 0 atom stereocenters. The Labute approximate surface area is 103 Å². The topological polar surface area (TPSA) is 42.7 Å². The highest BCUT2D eigenvalue weighted by Gasteiger charge is 2.30. The molecule has 0 N–H and O–H groups in total. The van der Waals surface area contributed by atoms with Gasteiger partial charge in [0.05, 0.1) is 17.8 Å². The van der Waals surface area contributed by atoms with E-state index >= 15 is 0 Å². The van der Waals surface area contributed by atoms with Gasteiger partial charge in [0.15, 0.2) is 4.67 Å². The number of ether oxygens (including phenoxy) is 1. The summed E-state index contributed by atoms with van der Waals surface area (Å²) in [7, 11) is 0. The lowest BCUT2D eigenvalue weighted by atomic mass is 10.1. The molecular weight excluding hydrogens is 274 g/mol. The summed E-state index contributed by atoms with van der Waals surface area (Å²) < 4.78 is 11.2. The molecule has 1 amide bonds. The number of carbonyl (C=O) groups is 1. The van der Waals surface area contributed by atoms with E-state index in [1.54, 1.807) is 11.0 Å². The Morgan fingerprint density at radius 2 is 2.31 bits per heavy atom. The van der Waals surface area contributed by atoms with E-state index < -0.39 is 0 Å². The molecule has 0 saturated carbocycles. The highest BCUT2D eigenvalue weighted by atomic mass is 79.9. The second-order valence-corrected chi connectivity index (χ2v) is 5.26. The van der Waals surface area contributed by atoms with E-state index in [1.807, 2.05) is 13.8 Å². The van der Waals surface area contributed by atoms with Crippen LogP contribution < -0.4 is 0 Å². The number of carbonyl (C=O) groups excluding carboxylic acids is 1. The predicted octanol–water partition coefficient (Wildman–Crippen LogP) is 2.29. The molecule has 16 heavy (non-hydrogen) atoms. The van der Waals surface area contributed by atoms with Crippen molar-refractivity contribution in [1.29, 1.82) is 0 Å². The molecule has 0 bridgehead atoms. The van der Waals surface area contributed by atoms with Gasteiger partial charge < -0.3 is 14.1 Å². The summed E-state index contributed by atoms with van der Waals surface area (Å²) in [4.78, 5) is 13.9. The van der Waals surface area contributed by atoms with Crippen molar-refractivity contribution in [1.82, 2.24) is 4.90 Å². The molecule has 0 unspecified atom stereocenters. The molecule has 1 aliphatic heterocycles. The van der Waals surface area contributed by atoms with Crippen molar-refractivity contribution in [3.05, 3.63) is 22.6 Å². The third-order valence-electron chi connectivity index (χ3n) is 2.53. The predicted molar refractivity (Wildman–Crippen MR) is 62.3 cm³/mol. The van der Waals surface area contributed by atoms with Crippen LogP contribution in [0.5, 0.6) is 0 Å². The number of amides is 1. The second kappa shape index (κ2) is 4.22. The SMILES string of the molecule is CC1(C)CN(C(=O)c2coc(Br)c2)CCO1. The summed E-state index contributed by atoms with van der Waals surface area (Å²) in [5.74, 6) is -0.00850. The van der Waals surface area contributed by atoms with Crippen LogP contribution in [0.15, 0.2) is 21.4 Å². The molecule has 0 radical (unpaired) electrons. The first-order valence-corrected chi connectivity index (χ1v) is 5.94. The monoisotopic (exact) mass is 287 g/mol. The normalized spacial score (nSPS) is 19.8. The average molecular weight is 288 g/mol. The molecule has 0 spiro atoms. The van der Waals surface area contributed by atoms with Crippen LogP contribution in [-0.2, 0) is 4.74 Å². The Kier molecular flexibility index (Phi) is 3.08. The minimum Gasteiger partial charge on any atom is -0.457 e. The molecule has 1 fully saturated rings. The Morgan fingerprint density at radius 1 is 1.56 bits per heavy atom. The fourth-order valence-electron chi connectivity index (χ4n) is 1.79. The zero-order chi connectivity index (χ0) is 11.8. The lowest BCUT2D eigenvalue weighted by molar-refractivity contribution is -0.0764. The third kappa shape index (κ3) is 2.47. The standard InChI is InChI=1S/C11H14BrNO3/c1-11(2)7-13(3-4-16-11)10(14)8-5-9(12)15-6-8/h5-6H,3-4,7H2,1-2H3. The number of morpholine rings is 1. The van der Waals surface area contributed by atoms with Crippen molar-refractivity contribution in [2.45, 2.75) is 19.4 Å². The van der Waals surface area contributed by atoms with Crippen molar-refractivity contribution in [2.24, 2.45) is 0 Å². The smallest absolute Gasteiger partial charge is 0.257 e. The summed E-state index contributed by atoms with van der Waals surface area (Å²) in [6, 6.07) is 1.69. The summed E-state index contributed by atoms with van der Waals surface area (Å²) in [5.41, 5.74) is 0.305. The highest BCUT2D eigenvalue weighted by molar-refractivity contribution is 9.10. The molecule has 0 aliphatic carbocycles. The molecule has 1 aromatic rings. The van der Waals surface area contributed by atoms with Gasteiger partial charge in [0.2, 0.25) is 0 Å². The summed E-state index contributed by atoms with van der Waals surface area (Å²) in [6.07, 6.45) is 1.47. The van der Waals surface area contributed by atoms with Gasteiger partial charge in [-0.05, 0) is 29.8 Å². The minimum atomic E-state index is -0.269. The number of halogens is 1. The first-order valence-electron chi connectivity index (χ1n) is 5.15. The lowest BCUT2D eigenvalue weighted by Crippen LogP contribution is -2.50. The fraction of sp³-hybridized carbons (Fsp3) is 0.545. The van der Waals surface area contributed by atoms with Crippen molar-refractivity contribution in [3.8, 4) is 0 Å². The van der Waals surface area contributed by atoms with Crippen molar-refractivity contribution in [2.75, 3.05) is 19.7 Å². The molecule has 1 saturated heterocycles. The van der Waals surface area contributed by atoms with Gasteiger partial charge in [-0.3, -0.25) is 4.79 Å². The number of hydrogen-bond acceptors (Lipinski definition) is 3. The van der Waals surface area contributed by atoms with Crippen LogP contribution in [0.4, 0.5) is 0 Å². The number of furan rings is 1. The van der Waals surface area contributed by atoms with Gasteiger partial charge in [0, 0.05) is 19.2 Å². The number of hydrogen-bond donors (Lipinski definition) is 0. The van der Waals surface area contributed by atoms with Gasteiger partial charge in [0.1, 0.15) is 6.26 Å². The Hall–Kier alpha value is -0.810. The van der Waals surface area contributed by atoms with Crippen LogP contribution >= 0.6 is 15.9 Å². The van der Waals surface area contributed by atoms with Gasteiger partial charge >= 0.3 is 0 Å². The Morgan fingerprint density at radius 3 is 2.88 bits per heavy atom. The van der Waals surface area contributed by atoms with Gasteiger partial charge in [-0.2, -0.15) is 0 Å². The van der Waals surface area contributed by atoms with Crippen LogP contribution in [0.3, 0.4) is 0 Å². The van der Waals surface area contributed by atoms with E-state index in [-0.39, 0.29) is 11.5 Å². The van der Waals surface area contributed by atoms with E-state index in [4.69, 9.17) is 9.15 Å². The molecule has 2 heterocycles. The summed E-state index contributed by atoms with van der Waals surface area (Å²) in [6.45, 7) is 5.78. The quantitative estimate of drug-likeness (QED) is 0.796. The highest BCUT2D eigenvalue weighted by Crippen LogP contribution is 2.20. The lowest BCUT2D eigenvalue weighted by Gasteiger charge is -2.37. The molecule has 1 aromatic heterocycles. The van der Waals surface area contributed by atoms with Crippen molar-refractivity contribution < 1.29 is 13.9 Å². The number of nitrogens with zero attached hydrogens (tertiary/aromatic N) is 1. The van der Waals surface area contributed by atoms with E-state index in [2.05, 4.69) is 15.9 Å². The third-order valence-corrected chi connectivity index (χ3v) is 2.94. The summed E-state index contributed by atoms with van der Waals surface area (Å²) >= 11 is 3.18. The van der Waals surface area contributed by atoms with Crippen molar-refractivity contribution in [3.63, 3.8) is 0 Å². The largest absolute Gasteiger partial charge is 0.457 e. The van der Waals surface area contributed by atoms with Crippen LogP contribution in [0.25, 0.3) is 0 Å². The van der Waals surface area contributed by atoms with E-state index in [0.717, 1.165) is 0 Å². The van der Waals surface area contributed by atoms with Gasteiger partial charge in [-0.1, -0.05) is 0 Å². The summed E-state index contributed by atoms with van der Waals surface area (Å²) in [5, 5.41) is 0. The Balaban J connectivity index is 2.10. The second-order valence-electron chi connectivity index (χ2n) is 4.47.